The van der Waals surface area contributed by atoms with Crippen molar-refractivity contribution < 1.29 is 0 Å². The van der Waals surface area contributed by atoms with Crippen LogP contribution in [0.2, 0.25) is 19.0 Å². The van der Waals surface area contributed by atoms with Gasteiger partial charge >= 0.3 is 0 Å². The van der Waals surface area contributed by atoms with E-state index in [1.807, 2.05) is 0 Å². The van der Waals surface area contributed by atoms with Crippen molar-refractivity contribution in [3.8, 4) is 0 Å². The predicted octanol–water partition coefficient (Wildman–Crippen LogP) is 10.7. The van der Waals surface area contributed by atoms with Crippen molar-refractivity contribution in [2.24, 2.45) is 0 Å². The quantitative estimate of drug-likeness (QED) is 0.113. The standard InChI is InChI=1S/C27H57B/c1-4-7-10-13-16-19-22-25-28(26-23-20-17-14-11-8-5-2)27-24-21-18-15-12-9-6-3/h4-27H2,1-3H3. The molecule has 0 bridgehead atoms. The molecule has 0 radical (unpaired) electrons. The fourth-order valence-corrected chi connectivity index (χ4v) is 4.60. The van der Waals surface area contributed by atoms with Crippen LogP contribution in [-0.2, 0) is 0 Å². The molecule has 0 aliphatic heterocycles. The van der Waals surface area contributed by atoms with E-state index in [1.165, 1.54) is 154 Å². The van der Waals surface area contributed by atoms with Crippen LogP contribution in [0, 0.1) is 0 Å². The summed E-state index contributed by atoms with van der Waals surface area (Å²) in [4.78, 5) is 0. The molecule has 0 aliphatic rings. The lowest BCUT2D eigenvalue weighted by molar-refractivity contribution is 0.591. The molecule has 1 heteroatoms. The lowest BCUT2D eigenvalue weighted by Gasteiger charge is -2.14. The Morgan fingerprint density at radius 3 is 0.750 bits per heavy atom. The Balaban J connectivity index is 3.80. The van der Waals surface area contributed by atoms with Crippen molar-refractivity contribution in [3.63, 3.8) is 0 Å². The topological polar surface area (TPSA) is 0 Å². The Morgan fingerprint density at radius 1 is 0.286 bits per heavy atom. The lowest BCUT2D eigenvalue weighted by atomic mass is 9.41. The highest BCUT2D eigenvalue weighted by Gasteiger charge is 2.12. The number of unbranched alkanes of at least 4 members (excludes halogenated alkanes) is 18. The third-order valence-corrected chi connectivity index (χ3v) is 6.65. The smallest absolute Gasteiger partial charge is 0.0741 e. The van der Waals surface area contributed by atoms with Crippen LogP contribution in [0.15, 0.2) is 0 Å². The molecule has 0 amide bonds. The van der Waals surface area contributed by atoms with Crippen LogP contribution in [0.1, 0.15) is 156 Å². The van der Waals surface area contributed by atoms with Crippen LogP contribution in [0.4, 0.5) is 0 Å². The van der Waals surface area contributed by atoms with Gasteiger partial charge in [-0.2, -0.15) is 0 Å². The lowest BCUT2D eigenvalue weighted by Crippen LogP contribution is -2.12. The van der Waals surface area contributed by atoms with E-state index < -0.39 is 0 Å². The highest BCUT2D eigenvalue weighted by Crippen LogP contribution is 2.20. The van der Waals surface area contributed by atoms with Gasteiger partial charge < -0.3 is 0 Å². The minimum Gasteiger partial charge on any atom is -0.0741 e. The molecule has 0 aliphatic carbocycles. The van der Waals surface area contributed by atoms with E-state index in [2.05, 4.69) is 20.8 Å². The van der Waals surface area contributed by atoms with E-state index in [9.17, 15) is 0 Å². The molecule has 0 fully saturated rings. The minimum atomic E-state index is 1.04. The first-order valence-corrected chi connectivity index (χ1v) is 13.8. The molecule has 0 heterocycles. The first kappa shape index (κ1) is 28.1. The molecule has 0 nitrogen and oxygen atoms in total. The van der Waals surface area contributed by atoms with Crippen LogP contribution >= 0.6 is 0 Å². The molecule has 0 rings (SSSR count). The average molecular weight is 393 g/mol. The summed E-state index contributed by atoms with van der Waals surface area (Å²) in [5.41, 5.74) is 0. The summed E-state index contributed by atoms with van der Waals surface area (Å²) < 4.78 is 0. The largest absolute Gasteiger partial charge is 0.139 e. The summed E-state index contributed by atoms with van der Waals surface area (Å²) in [5.74, 6) is 0. The molecule has 0 saturated carbocycles. The third kappa shape index (κ3) is 22.4. The van der Waals surface area contributed by atoms with Crippen LogP contribution < -0.4 is 0 Å². The number of hydrogen-bond donors (Lipinski definition) is 0. The predicted molar refractivity (Wildman–Crippen MR) is 134 cm³/mol. The summed E-state index contributed by atoms with van der Waals surface area (Å²) in [6.07, 6.45) is 35.3. The summed E-state index contributed by atoms with van der Waals surface area (Å²) in [6, 6.07) is 0. The van der Waals surface area contributed by atoms with Gasteiger partial charge in [-0.25, -0.2) is 0 Å². The Kier molecular flexibility index (Phi) is 25.2. The number of rotatable bonds is 24. The van der Waals surface area contributed by atoms with E-state index in [0.29, 0.717) is 0 Å². The van der Waals surface area contributed by atoms with Crippen LogP contribution in [-0.4, -0.2) is 6.71 Å². The summed E-state index contributed by atoms with van der Waals surface area (Å²) in [5, 5.41) is 0. The average Bonchev–Trinajstić information content (AvgIpc) is 2.71. The molecule has 0 saturated heterocycles. The second-order valence-electron chi connectivity index (χ2n) is 9.60. The van der Waals surface area contributed by atoms with Crippen molar-refractivity contribution in [2.75, 3.05) is 0 Å². The van der Waals surface area contributed by atoms with Crippen LogP contribution in [0.5, 0.6) is 0 Å². The Labute approximate surface area is 181 Å². The Bertz CT molecular complexity index is 220. The van der Waals surface area contributed by atoms with Gasteiger partial charge in [0.1, 0.15) is 6.71 Å². The molecule has 0 atom stereocenters. The zero-order valence-electron chi connectivity index (χ0n) is 20.5. The fraction of sp³-hybridized carbons (Fsp3) is 1.00. The molecular weight excluding hydrogens is 335 g/mol. The maximum Gasteiger partial charge on any atom is 0.139 e. The van der Waals surface area contributed by atoms with Crippen LogP contribution in [0.25, 0.3) is 0 Å². The van der Waals surface area contributed by atoms with Crippen molar-refractivity contribution >= 4 is 6.71 Å². The van der Waals surface area contributed by atoms with Crippen molar-refractivity contribution in [1.29, 1.82) is 0 Å². The van der Waals surface area contributed by atoms with E-state index in [-0.39, 0.29) is 0 Å². The molecule has 0 unspecified atom stereocenters. The first-order valence-electron chi connectivity index (χ1n) is 13.8. The van der Waals surface area contributed by atoms with Gasteiger partial charge in [0.2, 0.25) is 0 Å². The Hall–Kier alpha value is 0.0649. The third-order valence-electron chi connectivity index (χ3n) is 6.65. The highest BCUT2D eigenvalue weighted by molar-refractivity contribution is 6.58. The SMILES string of the molecule is CCCCCCCCCB(CCCCCCCCC)CCCCCCCCC. The Morgan fingerprint density at radius 2 is 0.500 bits per heavy atom. The van der Waals surface area contributed by atoms with E-state index in [4.69, 9.17) is 0 Å². The second kappa shape index (κ2) is 25.1. The van der Waals surface area contributed by atoms with Gasteiger partial charge in [-0.15, -0.1) is 0 Å². The molecular formula is C27H57B. The molecule has 168 valence electrons. The normalized spacial score (nSPS) is 11.2. The molecule has 0 aromatic heterocycles. The van der Waals surface area contributed by atoms with E-state index in [0.717, 1.165) is 6.71 Å². The fourth-order valence-electron chi connectivity index (χ4n) is 4.60. The molecule has 0 N–H and O–H groups in total. The molecule has 28 heavy (non-hydrogen) atoms. The highest BCUT2D eigenvalue weighted by atomic mass is 14.0. The van der Waals surface area contributed by atoms with Gasteiger partial charge in [-0.3, -0.25) is 0 Å². The number of hydrogen-bond acceptors (Lipinski definition) is 0. The molecule has 0 aromatic carbocycles. The van der Waals surface area contributed by atoms with Gasteiger partial charge in [-0.05, 0) is 0 Å². The van der Waals surface area contributed by atoms with Crippen molar-refractivity contribution in [1.82, 2.24) is 0 Å². The van der Waals surface area contributed by atoms with E-state index in [1.54, 1.807) is 0 Å². The maximum absolute atomic E-state index is 2.32. The second-order valence-corrected chi connectivity index (χ2v) is 9.60. The van der Waals surface area contributed by atoms with Gasteiger partial charge in [0.05, 0.1) is 0 Å². The minimum absolute atomic E-state index is 1.04. The molecule has 0 aromatic rings. The zero-order valence-corrected chi connectivity index (χ0v) is 20.5. The van der Waals surface area contributed by atoms with E-state index >= 15 is 0 Å². The van der Waals surface area contributed by atoms with Gasteiger partial charge in [-0.1, -0.05) is 175 Å². The first-order chi connectivity index (χ1) is 13.8. The van der Waals surface area contributed by atoms with Gasteiger partial charge in [0.25, 0.3) is 0 Å². The van der Waals surface area contributed by atoms with Crippen LogP contribution in [0.3, 0.4) is 0 Å². The van der Waals surface area contributed by atoms with Crippen molar-refractivity contribution in [3.05, 3.63) is 0 Å². The zero-order chi connectivity index (χ0) is 20.5. The van der Waals surface area contributed by atoms with Gasteiger partial charge in [0, 0.05) is 0 Å². The van der Waals surface area contributed by atoms with Crippen molar-refractivity contribution in [2.45, 2.75) is 175 Å². The summed E-state index contributed by atoms with van der Waals surface area (Å²) >= 11 is 0. The van der Waals surface area contributed by atoms with Gasteiger partial charge in [0.15, 0.2) is 0 Å². The summed E-state index contributed by atoms with van der Waals surface area (Å²) in [7, 11) is 0. The molecule has 0 spiro atoms. The summed E-state index contributed by atoms with van der Waals surface area (Å²) in [6.45, 7) is 8.00. The monoisotopic (exact) mass is 392 g/mol. The maximum atomic E-state index is 2.32.